The van der Waals surface area contributed by atoms with Gasteiger partial charge in [-0.25, -0.2) is 9.59 Å². The monoisotopic (exact) mass is 358 g/mol. The van der Waals surface area contributed by atoms with E-state index in [1.807, 2.05) is 18.2 Å². The van der Waals surface area contributed by atoms with Crippen LogP contribution in [-0.2, 0) is 22.4 Å². The SMILES string of the molecule is C=CC(=O)Oc1c2c(c(OC(=O)OC)c3ccccc13)CC=C(Cl)C2. The second kappa shape index (κ2) is 6.99. The quantitative estimate of drug-likeness (QED) is 0.354. The molecule has 1 aliphatic rings. The van der Waals surface area contributed by atoms with Crippen molar-refractivity contribution >= 4 is 34.5 Å². The lowest BCUT2D eigenvalue weighted by atomic mass is 9.90. The number of rotatable bonds is 3. The Bertz CT molecular complexity index is 914. The lowest BCUT2D eigenvalue weighted by Crippen LogP contribution is -2.14. The maximum atomic E-state index is 11.8. The molecule has 0 unspecified atom stereocenters. The van der Waals surface area contributed by atoms with Crippen molar-refractivity contribution in [2.75, 3.05) is 7.11 Å². The van der Waals surface area contributed by atoms with E-state index in [4.69, 9.17) is 21.1 Å². The first kappa shape index (κ1) is 17.0. The minimum atomic E-state index is -0.816. The van der Waals surface area contributed by atoms with E-state index < -0.39 is 12.1 Å². The fourth-order valence-corrected chi connectivity index (χ4v) is 3.05. The van der Waals surface area contributed by atoms with Gasteiger partial charge in [-0.3, -0.25) is 0 Å². The Kier molecular flexibility index (Phi) is 4.76. The predicted octanol–water partition coefficient (Wildman–Crippen LogP) is 4.30. The zero-order valence-electron chi connectivity index (χ0n) is 13.5. The van der Waals surface area contributed by atoms with Gasteiger partial charge in [0.25, 0.3) is 0 Å². The lowest BCUT2D eigenvalue weighted by Gasteiger charge is -2.22. The number of carbonyl (C=O) groups excluding carboxylic acids is 2. The van der Waals surface area contributed by atoms with Crippen molar-refractivity contribution in [1.82, 2.24) is 0 Å². The molecule has 0 N–H and O–H groups in total. The average molecular weight is 359 g/mol. The summed E-state index contributed by atoms with van der Waals surface area (Å²) in [4.78, 5) is 23.5. The molecular weight excluding hydrogens is 344 g/mol. The number of fused-ring (bicyclic) bond motifs is 2. The second-order valence-electron chi connectivity index (χ2n) is 5.37. The minimum absolute atomic E-state index is 0.374. The molecule has 128 valence electrons. The molecular formula is C19H15ClO5. The van der Waals surface area contributed by atoms with Gasteiger partial charge in [0.2, 0.25) is 0 Å². The van der Waals surface area contributed by atoms with Gasteiger partial charge in [-0.05, 0) is 6.42 Å². The lowest BCUT2D eigenvalue weighted by molar-refractivity contribution is -0.128. The number of halogens is 1. The van der Waals surface area contributed by atoms with Crippen molar-refractivity contribution in [2.45, 2.75) is 12.8 Å². The molecule has 0 spiro atoms. The molecule has 1 aliphatic carbocycles. The Labute approximate surface area is 149 Å². The number of benzene rings is 2. The standard InChI is InChI=1S/C19H15ClO5/c1-3-16(21)24-18-13-7-5-4-6-12(13)17(25-19(22)23-2)14-9-8-11(20)10-15(14)18/h3-8H,1,9-10H2,2H3. The van der Waals surface area contributed by atoms with Gasteiger partial charge in [-0.15, -0.1) is 0 Å². The molecule has 2 aromatic rings. The molecule has 0 bridgehead atoms. The van der Waals surface area contributed by atoms with Crippen molar-refractivity contribution in [3.8, 4) is 11.5 Å². The highest BCUT2D eigenvalue weighted by Gasteiger charge is 2.26. The number of methoxy groups -OCH3 is 1. The average Bonchev–Trinajstić information content (AvgIpc) is 2.63. The van der Waals surface area contributed by atoms with Gasteiger partial charge in [0.05, 0.1) is 7.11 Å². The van der Waals surface area contributed by atoms with Crippen LogP contribution in [0.1, 0.15) is 11.1 Å². The largest absolute Gasteiger partial charge is 0.513 e. The van der Waals surface area contributed by atoms with Crippen molar-refractivity contribution in [3.05, 3.63) is 59.2 Å². The number of hydrogen-bond acceptors (Lipinski definition) is 5. The van der Waals surface area contributed by atoms with Gasteiger partial charge in [-0.2, -0.15) is 0 Å². The van der Waals surface area contributed by atoms with Crippen LogP contribution in [0.4, 0.5) is 4.79 Å². The first-order valence-electron chi connectivity index (χ1n) is 7.56. The van der Waals surface area contributed by atoms with E-state index in [1.54, 1.807) is 12.1 Å². The van der Waals surface area contributed by atoms with Gasteiger partial charge < -0.3 is 14.2 Å². The van der Waals surface area contributed by atoms with Gasteiger partial charge in [0.1, 0.15) is 11.5 Å². The third-order valence-corrected chi connectivity index (χ3v) is 4.21. The summed E-state index contributed by atoms with van der Waals surface area (Å²) in [6.07, 6.45) is 2.94. The van der Waals surface area contributed by atoms with E-state index in [0.717, 1.165) is 11.6 Å². The molecule has 0 heterocycles. The Morgan fingerprint density at radius 3 is 2.36 bits per heavy atom. The molecule has 0 radical (unpaired) electrons. The Morgan fingerprint density at radius 2 is 1.76 bits per heavy atom. The highest BCUT2D eigenvalue weighted by molar-refractivity contribution is 6.30. The van der Waals surface area contributed by atoms with Crippen LogP contribution >= 0.6 is 11.6 Å². The summed E-state index contributed by atoms with van der Waals surface area (Å²) in [5.41, 5.74) is 1.45. The molecule has 3 rings (SSSR count). The van der Waals surface area contributed by atoms with E-state index in [1.165, 1.54) is 7.11 Å². The molecule has 0 aliphatic heterocycles. The smallest absolute Gasteiger partial charge is 0.437 e. The number of carbonyl (C=O) groups is 2. The molecule has 0 amide bonds. The zero-order chi connectivity index (χ0) is 18.0. The normalized spacial score (nSPS) is 12.8. The summed E-state index contributed by atoms with van der Waals surface area (Å²) in [5, 5.41) is 1.91. The highest BCUT2D eigenvalue weighted by Crippen LogP contribution is 2.44. The molecule has 5 nitrogen and oxygen atoms in total. The summed E-state index contributed by atoms with van der Waals surface area (Å²) in [5.74, 6) is 0.217. The van der Waals surface area contributed by atoms with E-state index in [9.17, 15) is 9.59 Å². The molecule has 0 atom stereocenters. The predicted molar refractivity (Wildman–Crippen MR) is 94.2 cm³/mol. The number of allylic oxidation sites excluding steroid dienone is 2. The molecule has 2 aromatic carbocycles. The highest BCUT2D eigenvalue weighted by atomic mass is 35.5. The van der Waals surface area contributed by atoms with Crippen molar-refractivity contribution in [2.24, 2.45) is 0 Å². The van der Waals surface area contributed by atoms with Crippen LogP contribution in [0.15, 0.2) is 48.0 Å². The van der Waals surface area contributed by atoms with E-state index in [-0.39, 0.29) is 0 Å². The maximum Gasteiger partial charge on any atom is 0.513 e. The van der Waals surface area contributed by atoms with Gasteiger partial charge >= 0.3 is 12.1 Å². The number of hydrogen-bond donors (Lipinski definition) is 0. The van der Waals surface area contributed by atoms with Crippen LogP contribution < -0.4 is 9.47 Å². The van der Waals surface area contributed by atoms with Gasteiger partial charge in [-0.1, -0.05) is 48.5 Å². The Balaban J connectivity index is 2.30. The van der Waals surface area contributed by atoms with Crippen LogP contribution in [0.5, 0.6) is 11.5 Å². The summed E-state index contributed by atoms with van der Waals surface area (Å²) >= 11 is 6.19. The first-order chi connectivity index (χ1) is 12.0. The molecule has 25 heavy (non-hydrogen) atoms. The minimum Gasteiger partial charge on any atom is -0.437 e. The van der Waals surface area contributed by atoms with E-state index >= 15 is 0 Å². The van der Waals surface area contributed by atoms with E-state index in [2.05, 4.69) is 11.3 Å². The fourth-order valence-electron chi connectivity index (χ4n) is 2.84. The Morgan fingerprint density at radius 1 is 1.12 bits per heavy atom. The van der Waals surface area contributed by atoms with Gasteiger partial charge in [0.15, 0.2) is 0 Å². The van der Waals surface area contributed by atoms with Crippen molar-refractivity contribution in [3.63, 3.8) is 0 Å². The molecule has 6 heteroatoms. The topological polar surface area (TPSA) is 61.8 Å². The summed E-state index contributed by atoms with van der Waals surface area (Å²) < 4.78 is 15.5. The third kappa shape index (κ3) is 3.23. The number of ether oxygens (including phenoxy) is 3. The van der Waals surface area contributed by atoms with Crippen LogP contribution in [0, 0.1) is 0 Å². The Hall–Kier alpha value is -2.79. The molecule has 0 saturated heterocycles. The van der Waals surface area contributed by atoms with Crippen LogP contribution in [0.2, 0.25) is 0 Å². The molecule has 0 aromatic heterocycles. The zero-order valence-corrected chi connectivity index (χ0v) is 14.3. The molecule has 0 fully saturated rings. The summed E-state index contributed by atoms with van der Waals surface area (Å²) in [7, 11) is 1.24. The van der Waals surface area contributed by atoms with Crippen molar-refractivity contribution < 1.29 is 23.8 Å². The first-order valence-corrected chi connectivity index (χ1v) is 7.94. The second-order valence-corrected chi connectivity index (χ2v) is 5.86. The van der Waals surface area contributed by atoms with E-state index in [0.29, 0.717) is 45.7 Å². The molecule has 0 saturated carbocycles. The van der Waals surface area contributed by atoms with Crippen molar-refractivity contribution in [1.29, 1.82) is 0 Å². The fraction of sp³-hybridized carbons (Fsp3) is 0.158. The summed E-state index contributed by atoms with van der Waals surface area (Å²) in [6.45, 7) is 3.43. The third-order valence-electron chi connectivity index (χ3n) is 3.92. The number of esters is 1. The van der Waals surface area contributed by atoms with Crippen LogP contribution in [-0.4, -0.2) is 19.2 Å². The maximum absolute atomic E-state index is 11.8. The van der Waals surface area contributed by atoms with Crippen LogP contribution in [0.25, 0.3) is 10.8 Å². The summed E-state index contributed by atoms with van der Waals surface area (Å²) in [6, 6.07) is 7.20. The van der Waals surface area contributed by atoms with Gasteiger partial charge in [0, 0.05) is 39.4 Å². The van der Waals surface area contributed by atoms with Crippen LogP contribution in [0.3, 0.4) is 0 Å².